The third kappa shape index (κ3) is 1.98. The lowest BCUT2D eigenvalue weighted by Gasteiger charge is -1.95. The molecule has 0 aliphatic heterocycles. The van der Waals surface area contributed by atoms with E-state index >= 15 is 0 Å². The lowest BCUT2D eigenvalue weighted by Crippen LogP contribution is -2.02. The minimum absolute atomic E-state index is 0.194. The molecule has 1 atom stereocenters. The summed E-state index contributed by atoms with van der Waals surface area (Å²) in [6, 6.07) is 7.52. The first-order valence-corrected chi connectivity index (χ1v) is 5.70. The van der Waals surface area contributed by atoms with Gasteiger partial charge in [-0.2, -0.15) is 0 Å². The van der Waals surface area contributed by atoms with Crippen LogP contribution in [-0.4, -0.2) is 12.6 Å². The van der Waals surface area contributed by atoms with E-state index in [1.807, 2.05) is 38.1 Å². The second-order valence-corrected chi connectivity index (χ2v) is 4.21. The van der Waals surface area contributed by atoms with Gasteiger partial charge in [0.15, 0.2) is 0 Å². The quantitative estimate of drug-likeness (QED) is 0.753. The molecule has 0 bridgehead atoms. The Morgan fingerprint density at radius 2 is 2.00 bits per heavy atom. The van der Waals surface area contributed by atoms with Gasteiger partial charge >= 0.3 is 5.97 Å². The maximum atomic E-state index is 11.6. The van der Waals surface area contributed by atoms with Crippen LogP contribution < -0.4 is 0 Å². The van der Waals surface area contributed by atoms with Crippen LogP contribution >= 0.6 is 11.6 Å². The minimum atomic E-state index is -0.194. The van der Waals surface area contributed by atoms with Crippen LogP contribution in [0.25, 0.3) is 5.57 Å². The van der Waals surface area contributed by atoms with Gasteiger partial charge in [0.25, 0.3) is 0 Å². The zero-order chi connectivity index (χ0) is 11.7. The molecule has 0 amide bonds. The molecular formula is C13H13ClO2. The normalized spacial score (nSPS) is 18.6. The molecule has 0 saturated heterocycles. The van der Waals surface area contributed by atoms with Crippen molar-refractivity contribution >= 4 is 23.1 Å². The summed E-state index contributed by atoms with van der Waals surface area (Å²) in [5.74, 6) is 0.0141. The average molecular weight is 237 g/mol. The number of hydrogen-bond acceptors (Lipinski definition) is 2. The first kappa shape index (κ1) is 11.2. The molecule has 1 aromatic rings. The summed E-state index contributed by atoms with van der Waals surface area (Å²) >= 11 is 5.81. The van der Waals surface area contributed by atoms with Crippen molar-refractivity contribution < 1.29 is 9.53 Å². The number of carbonyl (C=O) groups is 1. The molecule has 0 fully saturated rings. The van der Waals surface area contributed by atoms with Gasteiger partial charge in [-0.15, -0.1) is 0 Å². The molecule has 0 saturated carbocycles. The van der Waals surface area contributed by atoms with Crippen molar-refractivity contribution in [1.82, 2.24) is 0 Å². The molecule has 0 spiro atoms. The Bertz CT molecular complexity index is 446. The van der Waals surface area contributed by atoms with E-state index in [-0.39, 0.29) is 11.9 Å². The van der Waals surface area contributed by atoms with Gasteiger partial charge in [0.05, 0.1) is 6.61 Å². The summed E-state index contributed by atoms with van der Waals surface area (Å²) in [5.41, 5.74) is 2.93. The van der Waals surface area contributed by atoms with Gasteiger partial charge in [-0.3, -0.25) is 0 Å². The van der Waals surface area contributed by atoms with Crippen LogP contribution in [0.3, 0.4) is 0 Å². The van der Waals surface area contributed by atoms with Gasteiger partial charge in [-0.05, 0) is 30.2 Å². The van der Waals surface area contributed by atoms with E-state index in [0.29, 0.717) is 11.6 Å². The zero-order valence-electron chi connectivity index (χ0n) is 9.29. The second kappa shape index (κ2) is 4.30. The van der Waals surface area contributed by atoms with E-state index < -0.39 is 0 Å². The van der Waals surface area contributed by atoms with E-state index in [0.717, 1.165) is 16.7 Å². The molecule has 2 rings (SSSR count). The summed E-state index contributed by atoms with van der Waals surface area (Å²) in [4.78, 5) is 11.6. The van der Waals surface area contributed by atoms with Crippen molar-refractivity contribution in [2.24, 2.45) is 5.92 Å². The molecule has 84 valence electrons. The van der Waals surface area contributed by atoms with Crippen LogP contribution in [0.4, 0.5) is 0 Å². The van der Waals surface area contributed by atoms with Gasteiger partial charge in [-0.25, -0.2) is 4.79 Å². The molecule has 1 aliphatic carbocycles. The molecule has 0 heterocycles. The van der Waals surface area contributed by atoms with E-state index in [2.05, 4.69) is 0 Å². The lowest BCUT2D eigenvalue weighted by atomic mass is 10.1. The molecule has 0 N–H and O–H groups in total. The highest BCUT2D eigenvalue weighted by Gasteiger charge is 2.39. The summed E-state index contributed by atoms with van der Waals surface area (Å²) in [5, 5.41) is 0.704. The van der Waals surface area contributed by atoms with E-state index in [4.69, 9.17) is 16.3 Å². The van der Waals surface area contributed by atoms with Crippen LogP contribution in [0.2, 0.25) is 5.02 Å². The first-order chi connectivity index (χ1) is 7.65. The van der Waals surface area contributed by atoms with Crippen LogP contribution in [0.5, 0.6) is 0 Å². The Morgan fingerprint density at radius 3 is 2.56 bits per heavy atom. The molecule has 0 aromatic heterocycles. The molecule has 3 heteroatoms. The van der Waals surface area contributed by atoms with Gasteiger partial charge in [-0.1, -0.05) is 30.7 Å². The van der Waals surface area contributed by atoms with Crippen molar-refractivity contribution in [3.8, 4) is 0 Å². The van der Waals surface area contributed by atoms with Crippen molar-refractivity contribution in [3.63, 3.8) is 0 Å². The van der Waals surface area contributed by atoms with E-state index in [1.54, 1.807) is 0 Å². The Morgan fingerprint density at radius 1 is 1.38 bits per heavy atom. The maximum Gasteiger partial charge on any atom is 0.334 e. The van der Waals surface area contributed by atoms with Crippen LogP contribution in [0.15, 0.2) is 29.8 Å². The minimum Gasteiger partial charge on any atom is -0.463 e. The zero-order valence-corrected chi connectivity index (χ0v) is 10.0. The molecule has 1 unspecified atom stereocenters. The smallest absolute Gasteiger partial charge is 0.334 e. The SMILES string of the molecule is CCOC(=O)C1=C(c2ccc(Cl)cc2)C1C. The molecule has 2 nitrogen and oxygen atoms in total. The fourth-order valence-electron chi connectivity index (χ4n) is 1.87. The van der Waals surface area contributed by atoms with Crippen molar-refractivity contribution in [1.29, 1.82) is 0 Å². The second-order valence-electron chi connectivity index (χ2n) is 3.78. The first-order valence-electron chi connectivity index (χ1n) is 5.32. The fraction of sp³-hybridized carbons (Fsp3) is 0.308. The fourth-order valence-corrected chi connectivity index (χ4v) is 1.99. The largest absolute Gasteiger partial charge is 0.463 e. The third-order valence-corrected chi connectivity index (χ3v) is 2.98. The predicted octanol–water partition coefficient (Wildman–Crippen LogP) is 3.31. The van der Waals surface area contributed by atoms with Crippen LogP contribution in [0, 0.1) is 5.92 Å². The summed E-state index contributed by atoms with van der Waals surface area (Å²) in [6.45, 7) is 4.24. The summed E-state index contributed by atoms with van der Waals surface area (Å²) in [7, 11) is 0. The number of hydrogen-bond donors (Lipinski definition) is 0. The Labute approximate surface area is 99.9 Å². The van der Waals surface area contributed by atoms with Crippen LogP contribution in [0.1, 0.15) is 19.4 Å². The Kier molecular flexibility index (Phi) is 3.01. The summed E-state index contributed by atoms with van der Waals surface area (Å²) in [6.07, 6.45) is 0. The highest BCUT2D eigenvalue weighted by molar-refractivity contribution is 6.30. The maximum absolute atomic E-state index is 11.6. The average Bonchev–Trinajstić information content (AvgIpc) is 2.92. The lowest BCUT2D eigenvalue weighted by molar-refractivity contribution is -0.138. The van der Waals surface area contributed by atoms with Gasteiger partial charge in [0.1, 0.15) is 0 Å². The molecule has 1 aliphatic rings. The van der Waals surface area contributed by atoms with Gasteiger partial charge in [0.2, 0.25) is 0 Å². The molecule has 0 radical (unpaired) electrons. The molecule has 16 heavy (non-hydrogen) atoms. The van der Waals surface area contributed by atoms with Crippen molar-refractivity contribution in [2.75, 3.05) is 6.61 Å². The number of ether oxygens (including phenoxy) is 1. The summed E-state index contributed by atoms with van der Waals surface area (Å²) < 4.78 is 4.99. The number of rotatable bonds is 3. The Balaban J connectivity index is 2.22. The predicted molar refractivity (Wildman–Crippen MR) is 64.2 cm³/mol. The van der Waals surface area contributed by atoms with E-state index in [9.17, 15) is 4.79 Å². The standard InChI is InChI=1S/C13H13ClO2/c1-3-16-13(15)12-8(2)11(12)9-4-6-10(14)7-5-9/h4-8H,3H2,1-2H3. The number of allylic oxidation sites excluding steroid dienone is 1. The van der Waals surface area contributed by atoms with Crippen molar-refractivity contribution in [2.45, 2.75) is 13.8 Å². The van der Waals surface area contributed by atoms with E-state index in [1.165, 1.54) is 0 Å². The van der Waals surface area contributed by atoms with Crippen LogP contribution in [-0.2, 0) is 9.53 Å². The third-order valence-electron chi connectivity index (χ3n) is 2.72. The highest BCUT2D eigenvalue weighted by atomic mass is 35.5. The van der Waals surface area contributed by atoms with Crippen molar-refractivity contribution in [3.05, 3.63) is 40.4 Å². The number of esters is 1. The topological polar surface area (TPSA) is 26.3 Å². The monoisotopic (exact) mass is 236 g/mol. The number of halogens is 1. The molecular weight excluding hydrogens is 224 g/mol. The van der Waals surface area contributed by atoms with Gasteiger partial charge in [0, 0.05) is 16.5 Å². The molecule has 1 aromatic carbocycles. The Hall–Kier alpha value is -1.28. The number of carbonyl (C=O) groups excluding carboxylic acids is 1. The van der Waals surface area contributed by atoms with Gasteiger partial charge < -0.3 is 4.74 Å². The highest BCUT2D eigenvalue weighted by Crippen LogP contribution is 2.47. The number of benzene rings is 1.